The predicted octanol–water partition coefficient (Wildman–Crippen LogP) is 1.49. The van der Waals surface area contributed by atoms with Crippen LogP contribution in [0.1, 0.15) is 18.4 Å². The number of nitrogens with zero attached hydrogens (tertiary/aromatic N) is 1. The second-order valence-electron chi connectivity index (χ2n) is 4.40. The second kappa shape index (κ2) is 6.25. The molecule has 0 heterocycles. The van der Waals surface area contributed by atoms with Crippen molar-refractivity contribution in [1.29, 1.82) is 0 Å². The van der Waals surface area contributed by atoms with Gasteiger partial charge in [0.2, 0.25) is 0 Å². The first-order valence-corrected chi connectivity index (χ1v) is 5.75. The van der Waals surface area contributed by atoms with Crippen LogP contribution in [0.4, 0.5) is 5.69 Å². The van der Waals surface area contributed by atoms with Crippen molar-refractivity contribution in [2.45, 2.75) is 25.3 Å². The van der Waals surface area contributed by atoms with Crippen LogP contribution in [0.5, 0.6) is 0 Å². The van der Waals surface area contributed by atoms with Gasteiger partial charge in [-0.15, -0.1) is 0 Å². The molecule has 0 fully saturated rings. The first-order valence-electron chi connectivity index (χ1n) is 5.75. The van der Waals surface area contributed by atoms with Crippen molar-refractivity contribution in [2.24, 2.45) is 5.73 Å². The van der Waals surface area contributed by atoms with Gasteiger partial charge in [0, 0.05) is 19.8 Å². The molecule has 0 aliphatic heterocycles. The summed E-state index contributed by atoms with van der Waals surface area (Å²) >= 11 is 0. The maximum absolute atomic E-state index is 10.5. The third-order valence-corrected chi connectivity index (χ3v) is 2.75. The summed E-state index contributed by atoms with van der Waals surface area (Å²) in [5, 5.41) is 8.65. The smallest absolute Gasteiger partial charge is 0.320 e. The molecule has 4 nitrogen and oxygen atoms in total. The number of hydrogen-bond donors (Lipinski definition) is 2. The third kappa shape index (κ3) is 4.44. The molecule has 0 saturated heterocycles. The lowest BCUT2D eigenvalue weighted by molar-refractivity contribution is -0.138. The normalized spacial score (nSPS) is 12.2. The fraction of sp³-hybridized carbons (Fsp3) is 0.462. The average Bonchev–Trinajstić information content (AvgIpc) is 2.29. The maximum atomic E-state index is 10.5. The van der Waals surface area contributed by atoms with Gasteiger partial charge >= 0.3 is 5.97 Å². The Morgan fingerprint density at radius 2 is 1.94 bits per heavy atom. The van der Waals surface area contributed by atoms with Crippen molar-refractivity contribution in [1.82, 2.24) is 0 Å². The van der Waals surface area contributed by atoms with E-state index in [0.29, 0.717) is 6.42 Å². The zero-order valence-corrected chi connectivity index (χ0v) is 10.4. The Morgan fingerprint density at radius 1 is 1.35 bits per heavy atom. The van der Waals surface area contributed by atoms with Crippen LogP contribution >= 0.6 is 0 Å². The van der Waals surface area contributed by atoms with E-state index in [1.54, 1.807) is 0 Å². The van der Waals surface area contributed by atoms with Crippen LogP contribution in [0.2, 0.25) is 0 Å². The molecule has 1 unspecified atom stereocenters. The van der Waals surface area contributed by atoms with E-state index < -0.39 is 12.0 Å². The zero-order valence-electron chi connectivity index (χ0n) is 10.4. The third-order valence-electron chi connectivity index (χ3n) is 2.75. The predicted molar refractivity (Wildman–Crippen MR) is 69.3 cm³/mol. The molecule has 0 aliphatic rings. The first-order chi connectivity index (χ1) is 8.00. The molecule has 94 valence electrons. The Kier molecular flexibility index (Phi) is 4.97. The van der Waals surface area contributed by atoms with Crippen molar-refractivity contribution >= 4 is 11.7 Å². The summed E-state index contributed by atoms with van der Waals surface area (Å²) in [4.78, 5) is 12.6. The lowest BCUT2D eigenvalue weighted by Gasteiger charge is -2.12. The molecule has 1 aromatic carbocycles. The Hall–Kier alpha value is -1.55. The van der Waals surface area contributed by atoms with Crippen molar-refractivity contribution in [3.05, 3.63) is 29.8 Å². The SMILES string of the molecule is CN(C)c1ccc(CCCC(N)C(=O)O)cc1. The lowest BCUT2D eigenvalue weighted by Crippen LogP contribution is -2.29. The number of nitrogens with two attached hydrogens (primary N) is 1. The summed E-state index contributed by atoms with van der Waals surface area (Å²) < 4.78 is 0. The minimum Gasteiger partial charge on any atom is -0.480 e. The van der Waals surface area contributed by atoms with Gasteiger partial charge in [-0.25, -0.2) is 0 Å². The molecule has 1 aromatic rings. The quantitative estimate of drug-likeness (QED) is 0.785. The number of benzene rings is 1. The van der Waals surface area contributed by atoms with Gasteiger partial charge in [0.05, 0.1) is 0 Å². The Bertz CT molecular complexity index is 360. The highest BCUT2D eigenvalue weighted by atomic mass is 16.4. The Balaban J connectivity index is 2.40. The highest BCUT2D eigenvalue weighted by Gasteiger charge is 2.10. The maximum Gasteiger partial charge on any atom is 0.320 e. The monoisotopic (exact) mass is 236 g/mol. The number of hydrogen-bond acceptors (Lipinski definition) is 3. The highest BCUT2D eigenvalue weighted by molar-refractivity contribution is 5.72. The van der Waals surface area contributed by atoms with E-state index in [2.05, 4.69) is 24.3 Å². The van der Waals surface area contributed by atoms with E-state index >= 15 is 0 Å². The minimum absolute atomic E-state index is 0.519. The van der Waals surface area contributed by atoms with E-state index in [1.165, 1.54) is 5.56 Å². The molecule has 1 atom stereocenters. The lowest BCUT2D eigenvalue weighted by atomic mass is 10.0. The summed E-state index contributed by atoms with van der Waals surface area (Å²) in [6, 6.07) is 7.53. The summed E-state index contributed by atoms with van der Waals surface area (Å²) in [5.41, 5.74) is 7.82. The molecule has 4 heteroatoms. The largest absolute Gasteiger partial charge is 0.480 e. The minimum atomic E-state index is -0.923. The van der Waals surface area contributed by atoms with Gasteiger partial charge in [-0.2, -0.15) is 0 Å². The van der Waals surface area contributed by atoms with E-state index in [4.69, 9.17) is 10.8 Å². The van der Waals surface area contributed by atoms with Crippen molar-refractivity contribution in [2.75, 3.05) is 19.0 Å². The molecule has 0 bridgehead atoms. The van der Waals surface area contributed by atoms with Crippen LogP contribution < -0.4 is 10.6 Å². The van der Waals surface area contributed by atoms with Crippen LogP contribution in [0.25, 0.3) is 0 Å². The highest BCUT2D eigenvalue weighted by Crippen LogP contribution is 2.14. The Morgan fingerprint density at radius 3 is 2.41 bits per heavy atom. The molecule has 3 N–H and O–H groups in total. The van der Waals surface area contributed by atoms with Gasteiger partial charge in [0.1, 0.15) is 6.04 Å². The number of carboxylic acids is 1. The first kappa shape index (κ1) is 13.5. The van der Waals surface area contributed by atoms with Crippen LogP contribution in [0.3, 0.4) is 0 Å². The number of anilines is 1. The van der Waals surface area contributed by atoms with Crippen molar-refractivity contribution in [3.63, 3.8) is 0 Å². The summed E-state index contributed by atoms with van der Waals surface area (Å²) in [6.45, 7) is 0. The van der Waals surface area contributed by atoms with E-state index in [-0.39, 0.29) is 0 Å². The van der Waals surface area contributed by atoms with Gasteiger partial charge in [-0.05, 0) is 37.0 Å². The van der Waals surface area contributed by atoms with Gasteiger partial charge in [-0.3, -0.25) is 4.79 Å². The summed E-state index contributed by atoms with van der Waals surface area (Å²) in [5.74, 6) is -0.923. The van der Waals surface area contributed by atoms with Crippen LogP contribution in [-0.2, 0) is 11.2 Å². The molecule has 0 radical (unpaired) electrons. The van der Waals surface area contributed by atoms with Crippen molar-refractivity contribution < 1.29 is 9.90 Å². The van der Waals surface area contributed by atoms with E-state index in [1.807, 2.05) is 19.0 Å². The number of carboxylic acid groups (broad SMARTS) is 1. The molecule has 1 rings (SSSR count). The molecule has 0 amide bonds. The summed E-state index contributed by atoms with van der Waals surface area (Å²) in [6.07, 6.45) is 2.19. The van der Waals surface area contributed by atoms with Crippen LogP contribution in [0, 0.1) is 0 Å². The fourth-order valence-corrected chi connectivity index (χ4v) is 1.61. The topological polar surface area (TPSA) is 66.6 Å². The fourth-order valence-electron chi connectivity index (χ4n) is 1.61. The zero-order chi connectivity index (χ0) is 12.8. The summed E-state index contributed by atoms with van der Waals surface area (Å²) in [7, 11) is 4.00. The second-order valence-corrected chi connectivity index (χ2v) is 4.40. The van der Waals surface area contributed by atoms with Crippen LogP contribution in [0.15, 0.2) is 24.3 Å². The van der Waals surface area contributed by atoms with Crippen LogP contribution in [-0.4, -0.2) is 31.2 Å². The molecular formula is C13H20N2O2. The molecule has 0 aromatic heterocycles. The van der Waals surface area contributed by atoms with E-state index in [0.717, 1.165) is 18.5 Å². The molecular weight excluding hydrogens is 216 g/mol. The number of carbonyl (C=O) groups is 1. The van der Waals surface area contributed by atoms with Gasteiger partial charge in [0.25, 0.3) is 0 Å². The Labute approximate surface area is 102 Å². The standard InChI is InChI=1S/C13H20N2O2/c1-15(2)11-8-6-10(7-9-11)4-3-5-12(14)13(16)17/h6-9,12H,3-5,14H2,1-2H3,(H,16,17). The molecule has 17 heavy (non-hydrogen) atoms. The van der Waals surface area contributed by atoms with Gasteiger partial charge in [0.15, 0.2) is 0 Å². The van der Waals surface area contributed by atoms with Gasteiger partial charge in [-0.1, -0.05) is 12.1 Å². The molecule has 0 spiro atoms. The average molecular weight is 236 g/mol. The van der Waals surface area contributed by atoms with Gasteiger partial charge < -0.3 is 15.7 Å². The number of aryl methyl sites for hydroxylation is 1. The number of rotatable bonds is 6. The molecule has 0 saturated carbocycles. The van der Waals surface area contributed by atoms with E-state index in [9.17, 15) is 4.79 Å². The molecule has 0 aliphatic carbocycles. The number of aliphatic carboxylic acids is 1. The van der Waals surface area contributed by atoms with Crippen molar-refractivity contribution in [3.8, 4) is 0 Å².